The van der Waals surface area contributed by atoms with Gasteiger partial charge in [-0.3, -0.25) is 4.79 Å². The largest absolute Gasteiger partial charge is 0.395 e. The fraction of sp³-hybridized carbons (Fsp3) is 0.842. The molecule has 3 N–H and O–H groups in total. The minimum Gasteiger partial charge on any atom is -0.395 e. The van der Waals surface area contributed by atoms with Crippen LogP contribution in [-0.4, -0.2) is 44.7 Å². The molecule has 0 aliphatic heterocycles. The van der Waals surface area contributed by atoms with Gasteiger partial charge >= 0.3 is 0 Å². The Morgan fingerprint density at radius 2 is 2.00 bits per heavy atom. The normalized spacial score (nSPS) is 53.9. The first-order valence-electron chi connectivity index (χ1n) is 9.20. The molecule has 8 atom stereocenters. The van der Waals surface area contributed by atoms with Crippen LogP contribution in [0.5, 0.6) is 0 Å². The summed E-state index contributed by atoms with van der Waals surface area (Å²) in [4.78, 5) is 12.5. The minimum atomic E-state index is -0.674. The summed E-state index contributed by atoms with van der Waals surface area (Å²) >= 11 is 3.51. The standard InChI is InChI=1S/C19H27BrO4/c1-18-4-2-11(22)6-10(18)7-15(23)16-12(18)3-5-19(9-21)13(16)8-14(20)17(19)24/h7,11-16,21-23H,2-6,8-9H2,1H3/t11-,12?,13?,14+,15?,16?,18-,19+/m0/s1. The summed E-state index contributed by atoms with van der Waals surface area (Å²) in [7, 11) is 0. The molecule has 0 aromatic rings. The number of fused-ring (bicyclic) bond motifs is 5. The van der Waals surface area contributed by atoms with Crippen molar-refractivity contribution in [2.75, 3.05) is 6.61 Å². The maximum Gasteiger partial charge on any atom is 0.155 e. The number of carbonyl (C=O) groups is 1. The van der Waals surface area contributed by atoms with E-state index < -0.39 is 11.5 Å². The molecule has 4 nitrogen and oxygen atoms in total. The summed E-state index contributed by atoms with van der Waals surface area (Å²) < 4.78 is 0. The van der Waals surface area contributed by atoms with Crippen molar-refractivity contribution in [3.8, 4) is 0 Å². The first-order valence-corrected chi connectivity index (χ1v) is 10.1. The van der Waals surface area contributed by atoms with E-state index in [1.807, 2.05) is 6.08 Å². The molecule has 24 heavy (non-hydrogen) atoms. The molecule has 4 aliphatic carbocycles. The second kappa shape index (κ2) is 5.63. The van der Waals surface area contributed by atoms with E-state index in [0.717, 1.165) is 19.3 Å². The third kappa shape index (κ3) is 2.11. The van der Waals surface area contributed by atoms with E-state index in [2.05, 4.69) is 22.9 Å². The van der Waals surface area contributed by atoms with Gasteiger partial charge in [0, 0.05) is 0 Å². The molecule has 134 valence electrons. The monoisotopic (exact) mass is 398 g/mol. The van der Waals surface area contributed by atoms with Crippen LogP contribution in [0.2, 0.25) is 0 Å². The molecule has 4 aliphatic rings. The maximum absolute atomic E-state index is 12.7. The number of carbonyl (C=O) groups excluding carboxylic acids is 1. The fourth-order valence-electron chi connectivity index (χ4n) is 6.48. The molecular weight excluding hydrogens is 372 g/mol. The fourth-order valence-corrected chi connectivity index (χ4v) is 7.34. The Morgan fingerprint density at radius 3 is 2.71 bits per heavy atom. The Morgan fingerprint density at radius 1 is 1.25 bits per heavy atom. The lowest BCUT2D eigenvalue weighted by Crippen LogP contribution is -2.56. The molecule has 0 amide bonds. The molecule has 0 aromatic carbocycles. The maximum atomic E-state index is 12.7. The molecule has 0 bridgehead atoms. The number of alkyl halides is 1. The van der Waals surface area contributed by atoms with Gasteiger partial charge in [-0.05, 0) is 61.7 Å². The van der Waals surface area contributed by atoms with Crippen LogP contribution in [0.4, 0.5) is 0 Å². The molecular formula is C19H27BrO4. The highest BCUT2D eigenvalue weighted by Gasteiger charge is 2.64. The molecule has 5 heteroatoms. The lowest BCUT2D eigenvalue weighted by molar-refractivity contribution is -0.142. The summed E-state index contributed by atoms with van der Waals surface area (Å²) in [5, 5.41) is 31.0. The van der Waals surface area contributed by atoms with Crippen LogP contribution in [0.15, 0.2) is 11.6 Å². The third-order valence-corrected chi connectivity index (χ3v) is 8.62. The second-order valence-electron chi connectivity index (χ2n) is 8.71. The molecule has 0 spiro atoms. The Hall–Kier alpha value is -0.230. The molecule has 0 saturated heterocycles. The van der Waals surface area contributed by atoms with Gasteiger partial charge in [0.2, 0.25) is 0 Å². The highest BCUT2D eigenvalue weighted by Crippen LogP contribution is 2.64. The quantitative estimate of drug-likeness (QED) is 0.467. The SMILES string of the molecule is C[C@]12CC[C@H](O)CC1=CC(O)C1C3C[C@@H](Br)C(=O)[C@@]3(CO)CCC12. The van der Waals surface area contributed by atoms with Crippen molar-refractivity contribution in [2.45, 2.75) is 62.5 Å². The number of ketones is 1. The van der Waals surface area contributed by atoms with Gasteiger partial charge in [0.05, 0.1) is 29.1 Å². The van der Waals surface area contributed by atoms with E-state index in [1.165, 1.54) is 5.57 Å². The van der Waals surface area contributed by atoms with Crippen molar-refractivity contribution in [3.05, 3.63) is 11.6 Å². The molecule has 0 aromatic heterocycles. The first-order chi connectivity index (χ1) is 11.3. The highest BCUT2D eigenvalue weighted by molar-refractivity contribution is 9.10. The molecule has 3 saturated carbocycles. The number of Topliss-reactive ketones (excluding diaryl/α,β-unsaturated/α-hetero) is 1. The van der Waals surface area contributed by atoms with Crippen LogP contribution in [0.3, 0.4) is 0 Å². The Bertz CT molecular complexity index is 590. The number of halogens is 1. The van der Waals surface area contributed by atoms with Crippen molar-refractivity contribution in [2.24, 2.45) is 28.6 Å². The van der Waals surface area contributed by atoms with Crippen molar-refractivity contribution >= 4 is 21.7 Å². The molecule has 0 heterocycles. The summed E-state index contributed by atoms with van der Waals surface area (Å²) in [6, 6.07) is 0. The Labute approximate surface area is 151 Å². The van der Waals surface area contributed by atoms with Gasteiger partial charge in [0.15, 0.2) is 5.78 Å². The lowest BCUT2D eigenvalue weighted by Gasteiger charge is -2.58. The summed E-state index contributed by atoms with van der Waals surface area (Å²) in [5.41, 5.74) is 0.538. The van der Waals surface area contributed by atoms with Crippen molar-refractivity contribution in [1.82, 2.24) is 0 Å². The van der Waals surface area contributed by atoms with Crippen LogP contribution in [0.25, 0.3) is 0 Å². The summed E-state index contributed by atoms with van der Waals surface area (Å²) in [6.45, 7) is 2.17. The van der Waals surface area contributed by atoms with Crippen molar-refractivity contribution < 1.29 is 20.1 Å². The number of aliphatic hydroxyl groups excluding tert-OH is 3. The number of aliphatic hydroxyl groups is 3. The van der Waals surface area contributed by atoms with E-state index in [9.17, 15) is 20.1 Å². The van der Waals surface area contributed by atoms with Crippen LogP contribution in [0.1, 0.15) is 45.4 Å². The van der Waals surface area contributed by atoms with Gasteiger partial charge in [-0.2, -0.15) is 0 Å². The average Bonchev–Trinajstić information content (AvgIpc) is 2.81. The third-order valence-electron chi connectivity index (χ3n) is 7.83. The molecule has 4 rings (SSSR count). The average molecular weight is 399 g/mol. The zero-order valence-corrected chi connectivity index (χ0v) is 15.7. The van der Waals surface area contributed by atoms with E-state index in [0.29, 0.717) is 25.2 Å². The van der Waals surface area contributed by atoms with Crippen LogP contribution >= 0.6 is 15.9 Å². The Balaban J connectivity index is 1.76. The highest BCUT2D eigenvalue weighted by atomic mass is 79.9. The molecule has 3 fully saturated rings. The molecule has 0 radical (unpaired) electrons. The number of rotatable bonds is 1. The van der Waals surface area contributed by atoms with Gasteiger partial charge in [-0.1, -0.05) is 34.5 Å². The van der Waals surface area contributed by atoms with E-state index >= 15 is 0 Å². The minimum absolute atomic E-state index is 0.0121. The zero-order valence-electron chi connectivity index (χ0n) is 14.1. The lowest BCUT2D eigenvalue weighted by atomic mass is 9.47. The first kappa shape index (κ1) is 17.2. The summed E-state index contributed by atoms with van der Waals surface area (Å²) in [5.74, 6) is 0.519. The topological polar surface area (TPSA) is 77.8 Å². The predicted molar refractivity (Wildman–Crippen MR) is 93.6 cm³/mol. The van der Waals surface area contributed by atoms with Gasteiger partial charge in [-0.15, -0.1) is 0 Å². The predicted octanol–water partition coefficient (Wildman–Crippen LogP) is 2.20. The Kier molecular flexibility index (Phi) is 4.04. The smallest absolute Gasteiger partial charge is 0.155 e. The molecule has 4 unspecified atom stereocenters. The van der Waals surface area contributed by atoms with Gasteiger partial charge < -0.3 is 15.3 Å². The van der Waals surface area contributed by atoms with Crippen LogP contribution in [-0.2, 0) is 4.79 Å². The van der Waals surface area contributed by atoms with Crippen LogP contribution < -0.4 is 0 Å². The van der Waals surface area contributed by atoms with Gasteiger partial charge in [-0.25, -0.2) is 0 Å². The summed E-state index contributed by atoms with van der Waals surface area (Å²) in [6.07, 6.45) is 5.79. The van der Waals surface area contributed by atoms with Crippen LogP contribution in [0, 0.1) is 28.6 Å². The van der Waals surface area contributed by atoms with Gasteiger partial charge in [0.1, 0.15) is 0 Å². The number of hydrogen-bond donors (Lipinski definition) is 3. The van der Waals surface area contributed by atoms with Crippen molar-refractivity contribution in [3.63, 3.8) is 0 Å². The van der Waals surface area contributed by atoms with E-state index in [1.54, 1.807) is 0 Å². The second-order valence-corrected chi connectivity index (χ2v) is 9.81. The number of hydrogen-bond acceptors (Lipinski definition) is 4. The van der Waals surface area contributed by atoms with Crippen molar-refractivity contribution in [1.29, 1.82) is 0 Å². The zero-order chi connectivity index (χ0) is 17.3. The van der Waals surface area contributed by atoms with E-state index in [-0.39, 0.29) is 40.6 Å². The van der Waals surface area contributed by atoms with E-state index in [4.69, 9.17) is 0 Å². The van der Waals surface area contributed by atoms with Gasteiger partial charge in [0.25, 0.3) is 0 Å².